The molecule has 3 heterocycles. The summed E-state index contributed by atoms with van der Waals surface area (Å²) in [6.07, 6.45) is 1.76. The Morgan fingerprint density at radius 2 is 2.24 bits per heavy atom. The van der Waals surface area contributed by atoms with E-state index in [9.17, 15) is 19.5 Å². The van der Waals surface area contributed by atoms with Crippen LogP contribution in [-0.4, -0.2) is 51.5 Å². The molecular weight excluding hydrogens is 334 g/mol. The molecule has 0 saturated carbocycles. The Balaban J connectivity index is 1.77. The number of carbonyl (C=O) groups is 1. The Morgan fingerprint density at radius 1 is 1.44 bits per heavy atom. The fourth-order valence-corrected chi connectivity index (χ4v) is 2.80. The van der Waals surface area contributed by atoms with Crippen LogP contribution in [0.5, 0.6) is 0 Å². The van der Waals surface area contributed by atoms with Crippen LogP contribution >= 0.6 is 0 Å². The van der Waals surface area contributed by atoms with Crippen molar-refractivity contribution in [2.75, 3.05) is 19.8 Å². The molecule has 1 aromatic rings. The minimum absolute atomic E-state index is 0.0486. The number of aliphatic hydroxyl groups is 2. The summed E-state index contributed by atoms with van der Waals surface area (Å²) in [5.41, 5.74) is -1.85. The van der Waals surface area contributed by atoms with Gasteiger partial charge >= 0.3 is 5.69 Å². The normalized spacial score (nSPS) is 22.9. The first-order valence-electron chi connectivity index (χ1n) is 7.93. The smallest absolute Gasteiger partial charge is 0.331 e. The van der Waals surface area contributed by atoms with Crippen LogP contribution in [-0.2, 0) is 9.47 Å². The van der Waals surface area contributed by atoms with Crippen molar-refractivity contribution in [3.63, 3.8) is 0 Å². The van der Waals surface area contributed by atoms with Crippen molar-refractivity contribution >= 4 is 5.91 Å². The predicted molar refractivity (Wildman–Crippen MR) is 84.1 cm³/mol. The molecule has 0 spiro atoms. The van der Waals surface area contributed by atoms with Crippen molar-refractivity contribution in [3.8, 4) is 0 Å². The number of nitrogens with zero attached hydrogens (tertiary/aromatic N) is 1. The number of H-pyrrole nitrogens is 1. The van der Waals surface area contributed by atoms with Gasteiger partial charge in [-0.2, -0.15) is 0 Å². The largest absolute Gasteiger partial charge is 0.508 e. The Hall–Kier alpha value is -2.59. The molecule has 25 heavy (non-hydrogen) atoms. The van der Waals surface area contributed by atoms with Crippen LogP contribution in [0.3, 0.4) is 0 Å². The van der Waals surface area contributed by atoms with Crippen molar-refractivity contribution in [2.24, 2.45) is 0 Å². The second kappa shape index (κ2) is 7.11. The predicted octanol–water partition coefficient (Wildman–Crippen LogP) is -0.874. The highest BCUT2D eigenvalue weighted by Crippen LogP contribution is 2.29. The maximum atomic E-state index is 12.2. The molecule has 4 N–H and O–H groups in total. The summed E-state index contributed by atoms with van der Waals surface area (Å²) in [5.74, 6) is -0.870. The van der Waals surface area contributed by atoms with E-state index in [1.54, 1.807) is 0 Å². The molecule has 1 amide bonds. The number of rotatable bonds is 5. The van der Waals surface area contributed by atoms with Crippen LogP contribution in [0.2, 0.25) is 0 Å². The van der Waals surface area contributed by atoms with Gasteiger partial charge in [-0.1, -0.05) is 0 Å². The molecule has 10 heteroatoms. The topological polar surface area (TPSA) is 143 Å². The van der Waals surface area contributed by atoms with Crippen molar-refractivity contribution < 1.29 is 24.5 Å². The Labute approximate surface area is 141 Å². The number of aromatic nitrogens is 2. The molecule has 0 aromatic carbocycles. The molecule has 2 aliphatic rings. The number of carbonyl (C=O) groups excluding carboxylic acids is 1. The average Bonchev–Trinajstić information content (AvgIpc) is 3.22. The third-order valence-electron chi connectivity index (χ3n) is 4.15. The summed E-state index contributed by atoms with van der Waals surface area (Å²) < 4.78 is 11.7. The highest BCUT2D eigenvalue weighted by molar-refractivity contribution is 5.93. The summed E-state index contributed by atoms with van der Waals surface area (Å²) >= 11 is 0. The highest BCUT2D eigenvalue weighted by Gasteiger charge is 2.28. The summed E-state index contributed by atoms with van der Waals surface area (Å²) in [6, 6.07) is 0. The average molecular weight is 353 g/mol. The van der Waals surface area contributed by atoms with Gasteiger partial charge in [-0.3, -0.25) is 19.1 Å². The van der Waals surface area contributed by atoms with Crippen molar-refractivity contribution in [3.05, 3.63) is 44.1 Å². The minimum atomic E-state index is -0.948. The quantitative estimate of drug-likeness (QED) is 0.538. The SMILES string of the molecule is O=C(NC[C@H]1CCCO1)c1cn([C@H]2CC(O)=C(CO)O2)c(=O)[nH]c1=O. The maximum Gasteiger partial charge on any atom is 0.331 e. The molecule has 1 saturated heterocycles. The Bertz CT molecular complexity index is 804. The van der Waals surface area contributed by atoms with Gasteiger partial charge in [0, 0.05) is 19.3 Å². The van der Waals surface area contributed by atoms with Crippen LogP contribution in [0.4, 0.5) is 0 Å². The maximum absolute atomic E-state index is 12.2. The molecule has 0 aliphatic carbocycles. The lowest BCUT2D eigenvalue weighted by Gasteiger charge is -2.16. The third kappa shape index (κ3) is 3.59. The second-order valence-electron chi connectivity index (χ2n) is 5.86. The van der Waals surface area contributed by atoms with Gasteiger partial charge < -0.3 is 25.0 Å². The molecule has 10 nitrogen and oxygen atoms in total. The van der Waals surface area contributed by atoms with E-state index in [0.717, 1.165) is 23.6 Å². The van der Waals surface area contributed by atoms with E-state index in [2.05, 4.69) is 10.3 Å². The zero-order chi connectivity index (χ0) is 18.0. The summed E-state index contributed by atoms with van der Waals surface area (Å²) in [5, 5.41) is 21.3. The van der Waals surface area contributed by atoms with Crippen LogP contribution < -0.4 is 16.6 Å². The highest BCUT2D eigenvalue weighted by atomic mass is 16.5. The fourth-order valence-electron chi connectivity index (χ4n) is 2.80. The molecule has 136 valence electrons. The van der Waals surface area contributed by atoms with Crippen LogP contribution in [0.25, 0.3) is 0 Å². The van der Waals surface area contributed by atoms with Crippen LogP contribution in [0.1, 0.15) is 35.8 Å². The number of amides is 1. The lowest BCUT2D eigenvalue weighted by molar-refractivity contribution is 0.0587. The number of aromatic amines is 1. The molecule has 1 aromatic heterocycles. The molecule has 2 aliphatic heterocycles. The molecule has 1 fully saturated rings. The van der Waals surface area contributed by atoms with Gasteiger partial charge in [-0.15, -0.1) is 0 Å². The number of ether oxygens (including phenoxy) is 2. The van der Waals surface area contributed by atoms with Crippen LogP contribution in [0.15, 0.2) is 27.3 Å². The molecule has 2 atom stereocenters. The molecule has 0 radical (unpaired) electrons. The molecular formula is C15H19N3O7. The van der Waals surface area contributed by atoms with Gasteiger partial charge in [-0.05, 0) is 12.8 Å². The van der Waals surface area contributed by atoms with Crippen molar-refractivity contribution in [1.82, 2.24) is 14.9 Å². The number of hydrogen-bond acceptors (Lipinski definition) is 7. The van der Waals surface area contributed by atoms with Crippen LogP contribution in [0, 0.1) is 0 Å². The van der Waals surface area contributed by atoms with E-state index < -0.39 is 30.0 Å². The minimum Gasteiger partial charge on any atom is -0.508 e. The Morgan fingerprint density at radius 3 is 2.88 bits per heavy atom. The first kappa shape index (κ1) is 17.2. The van der Waals surface area contributed by atoms with Gasteiger partial charge in [0.2, 0.25) is 0 Å². The van der Waals surface area contributed by atoms with E-state index >= 15 is 0 Å². The van der Waals surface area contributed by atoms with E-state index in [0.29, 0.717) is 6.61 Å². The zero-order valence-corrected chi connectivity index (χ0v) is 13.4. The lowest BCUT2D eigenvalue weighted by Crippen LogP contribution is -2.40. The first-order chi connectivity index (χ1) is 12.0. The molecule has 3 rings (SSSR count). The van der Waals surface area contributed by atoms with E-state index in [1.165, 1.54) is 0 Å². The molecule has 0 unspecified atom stereocenters. The number of hydrogen-bond donors (Lipinski definition) is 4. The summed E-state index contributed by atoms with van der Waals surface area (Å²) in [7, 11) is 0. The van der Waals surface area contributed by atoms with E-state index in [-0.39, 0.29) is 36.2 Å². The van der Waals surface area contributed by atoms with Crippen molar-refractivity contribution in [1.29, 1.82) is 0 Å². The van der Waals surface area contributed by atoms with Gasteiger partial charge in [-0.25, -0.2) is 4.79 Å². The number of nitrogens with one attached hydrogen (secondary N) is 2. The van der Waals surface area contributed by atoms with E-state index in [4.69, 9.17) is 14.6 Å². The fraction of sp³-hybridized carbons (Fsp3) is 0.533. The van der Waals surface area contributed by atoms with Gasteiger partial charge in [0.05, 0.1) is 12.5 Å². The van der Waals surface area contributed by atoms with E-state index in [1.807, 2.05) is 0 Å². The standard InChI is InChI=1S/C15H19N3O7/c19-7-11-10(20)4-12(25-11)18-6-9(14(22)17-15(18)23)13(21)16-5-8-2-1-3-24-8/h6,8,12,19-20H,1-5,7H2,(H,16,21)(H,17,22,23)/t8-,12-/m1/s1. The van der Waals surface area contributed by atoms with Gasteiger partial charge in [0.15, 0.2) is 12.0 Å². The van der Waals surface area contributed by atoms with Gasteiger partial charge in [0.1, 0.15) is 17.9 Å². The molecule has 0 bridgehead atoms. The van der Waals surface area contributed by atoms with Crippen molar-refractivity contribution in [2.45, 2.75) is 31.6 Å². The third-order valence-corrected chi connectivity index (χ3v) is 4.15. The summed E-state index contributed by atoms with van der Waals surface area (Å²) in [4.78, 5) is 38.2. The van der Waals surface area contributed by atoms with Gasteiger partial charge in [0.25, 0.3) is 11.5 Å². The second-order valence-corrected chi connectivity index (χ2v) is 5.86. The number of aliphatic hydroxyl groups excluding tert-OH is 2. The summed E-state index contributed by atoms with van der Waals surface area (Å²) in [6.45, 7) is 0.401. The first-order valence-corrected chi connectivity index (χ1v) is 7.93. The lowest BCUT2D eigenvalue weighted by atomic mass is 10.2. The zero-order valence-electron chi connectivity index (χ0n) is 13.4. The monoisotopic (exact) mass is 353 g/mol. The Kier molecular flexibility index (Phi) is 4.91.